The predicted octanol–water partition coefficient (Wildman–Crippen LogP) is 14.9. The smallest absolute Gasteiger partial charge is 0.416 e. The molecule has 58 heavy (non-hydrogen) atoms. The summed E-state index contributed by atoms with van der Waals surface area (Å²) in [7, 11) is 0. The van der Waals surface area contributed by atoms with E-state index in [9.17, 15) is 26.3 Å². The maximum Gasteiger partial charge on any atom is 0.416 e. The van der Waals surface area contributed by atoms with Gasteiger partial charge in [0.25, 0.3) is 0 Å². The summed E-state index contributed by atoms with van der Waals surface area (Å²) in [4.78, 5) is 1.94. The lowest BCUT2D eigenvalue weighted by Gasteiger charge is -2.36. The quantitative estimate of drug-likeness (QED) is 0.157. The second-order valence-corrected chi connectivity index (χ2v) is 14.8. The van der Waals surface area contributed by atoms with Gasteiger partial charge < -0.3 is 14.4 Å². The van der Waals surface area contributed by atoms with Gasteiger partial charge in [-0.25, -0.2) is 0 Å². The lowest BCUT2D eigenvalue weighted by molar-refractivity contribution is -0.138. The first-order valence-electron chi connectivity index (χ1n) is 18.9. The molecule has 0 saturated heterocycles. The largest absolute Gasteiger partial charge is 0.456 e. The first kappa shape index (κ1) is 37.1. The van der Waals surface area contributed by atoms with Crippen LogP contribution in [-0.4, -0.2) is 0 Å². The molecule has 2 heterocycles. The molecule has 0 saturated carbocycles. The van der Waals surface area contributed by atoms with E-state index in [1.807, 2.05) is 104 Å². The molecule has 6 aromatic rings. The van der Waals surface area contributed by atoms with Gasteiger partial charge in [-0.2, -0.15) is 26.3 Å². The highest BCUT2D eigenvalue weighted by molar-refractivity contribution is 6.04. The van der Waals surface area contributed by atoms with Crippen molar-refractivity contribution in [3.8, 4) is 23.0 Å². The SMILES string of the molecule is CC1C(c2cccc(C(F)(F)F)c2)=C(N2c3ccccc3Oc3ccccc32)C(c2cccc(C(F)(F)F)c2)=C1[C@H](C)CC1=Cc2ccccc2Oc2ccccc21. The van der Waals surface area contributed by atoms with Gasteiger partial charge in [-0.05, 0) is 107 Å². The molecule has 0 bridgehead atoms. The van der Waals surface area contributed by atoms with E-state index in [1.165, 1.54) is 12.1 Å². The highest BCUT2D eigenvalue weighted by atomic mass is 19.4. The Kier molecular flexibility index (Phi) is 9.06. The number of hydrogen-bond acceptors (Lipinski definition) is 3. The molecule has 0 spiro atoms. The predicted molar refractivity (Wildman–Crippen MR) is 216 cm³/mol. The third-order valence-electron chi connectivity index (χ3n) is 11.1. The Bertz CT molecular complexity index is 2640. The van der Waals surface area contributed by atoms with Crippen LogP contribution in [0.25, 0.3) is 22.8 Å². The molecule has 1 unspecified atom stereocenters. The third kappa shape index (κ3) is 6.54. The van der Waals surface area contributed by atoms with Crippen LogP contribution in [0.15, 0.2) is 157 Å². The van der Waals surface area contributed by atoms with Crippen LogP contribution in [0, 0.1) is 11.8 Å². The molecule has 3 aliphatic rings. The summed E-state index contributed by atoms with van der Waals surface area (Å²) in [6.45, 7) is 3.97. The molecule has 9 heteroatoms. The van der Waals surface area contributed by atoms with E-state index in [1.54, 1.807) is 24.3 Å². The molecule has 290 valence electrons. The highest BCUT2D eigenvalue weighted by Crippen LogP contribution is 2.58. The van der Waals surface area contributed by atoms with Crippen molar-refractivity contribution < 1.29 is 35.8 Å². The van der Waals surface area contributed by atoms with Gasteiger partial charge in [-0.15, -0.1) is 0 Å². The minimum Gasteiger partial charge on any atom is -0.456 e. The van der Waals surface area contributed by atoms with Gasteiger partial charge in [-0.1, -0.05) is 98.8 Å². The highest BCUT2D eigenvalue weighted by Gasteiger charge is 2.42. The Labute approximate surface area is 331 Å². The fourth-order valence-electron chi connectivity index (χ4n) is 8.61. The molecule has 0 aromatic heterocycles. The van der Waals surface area contributed by atoms with Crippen LogP contribution in [0.5, 0.6) is 23.0 Å². The van der Waals surface area contributed by atoms with Crippen LogP contribution in [-0.2, 0) is 12.4 Å². The number of allylic oxidation sites excluding steroid dienone is 4. The van der Waals surface area contributed by atoms with E-state index in [-0.39, 0.29) is 5.92 Å². The topological polar surface area (TPSA) is 21.7 Å². The van der Waals surface area contributed by atoms with E-state index in [0.29, 0.717) is 68.8 Å². The third-order valence-corrected chi connectivity index (χ3v) is 11.1. The average Bonchev–Trinajstić information content (AvgIpc) is 3.42. The van der Waals surface area contributed by atoms with Crippen LogP contribution in [0.2, 0.25) is 0 Å². The van der Waals surface area contributed by atoms with E-state index in [2.05, 4.69) is 6.08 Å². The standard InChI is InChI=1S/C49H35F6NO2/c1-29(25-34-26-31-13-3-7-21-40(31)57-41-22-8-4-18-37(34)41)44-30(2)45(32-14-11-16-35(27-32)48(50,51)52)47(46(44)33-15-12-17-36(28-33)49(53,54)55)56-38-19-5-9-23-42(38)58-43-24-10-6-20-39(43)56/h3-24,26-30H,25H2,1-2H3/t29-,30?/m1/s1. The number of benzene rings is 6. The van der Waals surface area contributed by atoms with Crippen molar-refractivity contribution in [2.24, 2.45) is 11.8 Å². The molecule has 0 N–H and O–H groups in total. The Hall–Kier alpha value is -6.48. The molecule has 6 aromatic carbocycles. The number of nitrogens with zero attached hydrogens (tertiary/aromatic N) is 1. The van der Waals surface area contributed by atoms with Gasteiger partial charge in [-0.3, -0.25) is 0 Å². The maximum absolute atomic E-state index is 14.6. The number of anilines is 2. The van der Waals surface area contributed by atoms with Gasteiger partial charge in [0.2, 0.25) is 0 Å². The number of alkyl halides is 6. The normalized spacial score (nSPS) is 16.7. The number of fused-ring (bicyclic) bond motifs is 4. The molecule has 2 atom stereocenters. The Morgan fingerprint density at radius 3 is 1.74 bits per heavy atom. The summed E-state index contributed by atoms with van der Waals surface area (Å²) < 4.78 is 99.8. The zero-order valence-electron chi connectivity index (χ0n) is 31.3. The fourth-order valence-corrected chi connectivity index (χ4v) is 8.61. The summed E-state index contributed by atoms with van der Waals surface area (Å²) in [5.41, 5.74) is 5.19. The van der Waals surface area contributed by atoms with Gasteiger partial charge in [0.15, 0.2) is 11.5 Å². The number of rotatable bonds is 6. The monoisotopic (exact) mass is 783 g/mol. The molecular formula is C49H35F6NO2. The average molecular weight is 784 g/mol. The fraction of sp³-hybridized carbons (Fsp3) is 0.143. The number of ether oxygens (including phenoxy) is 2. The minimum absolute atomic E-state index is 0.297. The molecule has 3 nitrogen and oxygen atoms in total. The number of para-hydroxylation sites is 6. The summed E-state index contributed by atoms with van der Waals surface area (Å²) in [6.07, 6.45) is -6.77. The van der Waals surface area contributed by atoms with Crippen molar-refractivity contribution in [2.75, 3.05) is 4.90 Å². The van der Waals surface area contributed by atoms with Gasteiger partial charge >= 0.3 is 12.4 Å². The van der Waals surface area contributed by atoms with Gasteiger partial charge in [0, 0.05) is 22.6 Å². The zero-order chi connectivity index (χ0) is 40.3. The lowest BCUT2D eigenvalue weighted by atomic mass is 9.80. The van der Waals surface area contributed by atoms with Gasteiger partial charge in [0.05, 0.1) is 28.2 Å². The number of hydrogen-bond donors (Lipinski definition) is 0. The van der Waals surface area contributed by atoms with Crippen molar-refractivity contribution >= 4 is 34.2 Å². The molecule has 0 fully saturated rings. The Balaban J connectivity index is 1.33. The van der Waals surface area contributed by atoms with Crippen LogP contribution in [0.3, 0.4) is 0 Å². The lowest BCUT2D eigenvalue weighted by Crippen LogP contribution is -2.22. The van der Waals surface area contributed by atoms with Crippen LogP contribution >= 0.6 is 0 Å². The van der Waals surface area contributed by atoms with Crippen molar-refractivity contribution in [3.05, 3.63) is 190 Å². The van der Waals surface area contributed by atoms with E-state index in [0.717, 1.165) is 46.5 Å². The number of halogens is 6. The van der Waals surface area contributed by atoms with Crippen LogP contribution in [0.4, 0.5) is 37.7 Å². The van der Waals surface area contributed by atoms with E-state index < -0.39 is 29.4 Å². The second kappa shape index (κ2) is 14.2. The van der Waals surface area contributed by atoms with Crippen molar-refractivity contribution in [3.63, 3.8) is 0 Å². The summed E-state index contributed by atoms with van der Waals surface area (Å²) in [6, 6.07) is 40.4. The van der Waals surface area contributed by atoms with E-state index in [4.69, 9.17) is 9.47 Å². The second-order valence-electron chi connectivity index (χ2n) is 14.8. The molecule has 1 aliphatic carbocycles. The Morgan fingerprint density at radius 2 is 1.10 bits per heavy atom. The van der Waals surface area contributed by atoms with Crippen LogP contribution in [0.1, 0.15) is 53.6 Å². The maximum atomic E-state index is 14.6. The molecule has 0 radical (unpaired) electrons. The van der Waals surface area contributed by atoms with E-state index >= 15 is 0 Å². The summed E-state index contributed by atoms with van der Waals surface area (Å²) >= 11 is 0. The zero-order valence-corrected chi connectivity index (χ0v) is 31.3. The molecule has 9 rings (SSSR count). The van der Waals surface area contributed by atoms with Crippen molar-refractivity contribution in [2.45, 2.75) is 32.6 Å². The Morgan fingerprint density at radius 1 is 0.586 bits per heavy atom. The van der Waals surface area contributed by atoms with Crippen LogP contribution < -0.4 is 14.4 Å². The summed E-state index contributed by atoms with van der Waals surface area (Å²) in [5, 5.41) is 0. The molecular weight excluding hydrogens is 749 g/mol. The van der Waals surface area contributed by atoms with Crippen molar-refractivity contribution in [1.82, 2.24) is 0 Å². The van der Waals surface area contributed by atoms with Gasteiger partial charge in [0.1, 0.15) is 11.5 Å². The first-order chi connectivity index (χ1) is 27.9. The molecule has 0 amide bonds. The van der Waals surface area contributed by atoms with Crippen molar-refractivity contribution in [1.29, 1.82) is 0 Å². The minimum atomic E-state index is -4.65. The summed E-state index contributed by atoms with van der Waals surface area (Å²) in [5.74, 6) is 1.46. The first-order valence-corrected chi connectivity index (χ1v) is 18.9. The molecule has 2 aliphatic heterocycles.